The fourth-order valence-corrected chi connectivity index (χ4v) is 3.68. The highest BCUT2D eigenvalue weighted by Gasteiger charge is 2.63. The second-order valence-electron chi connectivity index (χ2n) is 6.79. The average Bonchev–Trinajstić information content (AvgIpc) is 2.35. The lowest BCUT2D eigenvalue weighted by atomic mass is 9.48. The van der Waals surface area contributed by atoms with Gasteiger partial charge in [-0.2, -0.15) is 0 Å². The van der Waals surface area contributed by atoms with Crippen molar-refractivity contribution in [2.75, 3.05) is 19.8 Å². The lowest BCUT2D eigenvalue weighted by Gasteiger charge is -2.55. The zero-order valence-electron chi connectivity index (χ0n) is 12.9. The number of ether oxygens (including phenoxy) is 2. The van der Waals surface area contributed by atoms with Gasteiger partial charge in [0.25, 0.3) is 0 Å². The van der Waals surface area contributed by atoms with Crippen molar-refractivity contribution in [1.82, 2.24) is 0 Å². The zero-order chi connectivity index (χ0) is 14.8. The Labute approximate surface area is 121 Å². The van der Waals surface area contributed by atoms with E-state index in [-0.39, 0.29) is 23.1 Å². The van der Waals surface area contributed by atoms with Gasteiger partial charge in [0.05, 0.1) is 6.61 Å². The van der Waals surface area contributed by atoms with Gasteiger partial charge in [-0.1, -0.05) is 13.8 Å². The highest BCUT2D eigenvalue weighted by Crippen LogP contribution is 2.60. The first-order valence-electron chi connectivity index (χ1n) is 7.72. The first-order valence-corrected chi connectivity index (χ1v) is 7.72. The highest BCUT2D eigenvalue weighted by atomic mass is 16.5. The van der Waals surface area contributed by atoms with Crippen LogP contribution in [0.5, 0.6) is 0 Å². The second-order valence-corrected chi connectivity index (χ2v) is 6.79. The van der Waals surface area contributed by atoms with Crippen molar-refractivity contribution >= 4 is 11.8 Å². The summed E-state index contributed by atoms with van der Waals surface area (Å²) in [5.41, 5.74) is -0.727. The van der Waals surface area contributed by atoms with Gasteiger partial charge >= 0.3 is 5.97 Å². The predicted molar refractivity (Wildman–Crippen MR) is 75.2 cm³/mol. The molecule has 0 aromatic rings. The number of hydrogen-bond acceptors (Lipinski definition) is 4. The van der Waals surface area contributed by atoms with Gasteiger partial charge in [0.1, 0.15) is 11.2 Å². The molecule has 0 atom stereocenters. The summed E-state index contributed by atoms with van der Waals surface area (Å²) in [6.45, 7) is 7.65. The monoisotopic (exact) mass is 282 g/mol. The summed E-state index contributed by atoms with van der Waals surface area (Å²) in [5, 5.41) is 0. The molecule has 20 heavy (non-hydrogen) atoms. The van der Waals surface area contributed by atoms with Crippen LogP contribution in [0.1, 0.15) is 52.9 Å². The van der Waals surface area contributed by atoms with E-state index in [4.69, 9.17) is 9.47 Å². The first kappa shape index (κ1) is 15.5. The molecule has 0 radical (unpaired) electrons. The molecular formula is C16H26O4. The number of carbonyl (C=O) groups is 2. The zero-order valence-corrected chi connectivity index (χ0v) is 12.9. The maximum Gasteiger partial charge on any atom is 0.319 e. The fourth-order valence-electron chi connectivity index (χ4n) is 3.68. The van der Waals surface area contributed by atoms with Crippen LogP contribution in [0.2, 0.25) is 0 Å². The SMILES string of the molecule is CCOC(=O)C1(C(=O)CC(C)C)CC2(CCOCC2)C1. The van der Waals surface area contributed by atoms with Crippen LogP contribution in [0.3, 0.4) is 0 Å². The maximum atomic E-state index is 12.6. The molecule has 4 nitrogen and oxygen atoms in total. The van der Waals surface area contributed by atoms with Crippen LogP contribution in [0.4, 0.5) is 0 Å². The van der Waals surface area contributed by atoms with E-state index in [2.05, 4.69) is 0 Å². The van der Waals surface area contributed by atoms with Crippen molar-refractivity contribution in [2.24, 2.45) is 16.7 Å². The minimum absolute atomic E-state index is 0.0723. The summed E-state index contributed by atoms with van der Waals surface area (Å²) < 4.78 is 10.6. The number of ketones is 1. The molecule has 1 heterocycles. The van der Waals surface area contributed by atoms with Gasteiger partial charge in [-0.25, -0.2) is 0 Å². The minimum atomic E-state index is -0.863. The number of Topliss-reactive ketones (excluding diaryl/α,β-unsaturated/α-hetero) is 1. The van der Waals surface area contributed by atoms with Crippen molar-refractivity contribution < 1.29 is 19.1 Å². The third-order valence-corrected chi connectivity index (χ3v) is 4.70. The molecule has 1 saturated carbocycles. The standard InChI is InChI=1S/C16H26O4/c1-4-20-14(18)16(13(17)9-12(2)3)10-15(11-16)5-7-19-8-6-15/h12H,4-11H2,1-3H3. The molecule has 2 aliphatic rings. The molecule has 0 amide bonds. The lowest BCUT2D eigenvalue weighted by molar-refractivity contribution is -0.184. The number of hydrogen-bond donors (Lipinski definition) is 0. The minimum Gasteiger partial charge on any atom is -0.465 e. The van der Waals surface area contributed by atoms with Crippen LogP contribution in [-0.4, -0.2) is 31.6 Å². The summed E-state index contributed by atoms with van der Waals surface area (Å²) >= 11 is 0. The molecule has 0 aromatic heterocycles. The maximum absolute atomic E-state index is 12.6. The van der Waals surface area contributed by atoms with E-state index in [1.165, 1.54) is 0 Å². The normalized spacial score (nSPS) is 23.4. The van der Waals surface area contributed by atoms with E-state index in [1.807, 2.05) is 13.8 Å². The van der Waals surface area contributed by atoms with Crippen LogP contribution in [0.15, 0.2) is 0 Å². The molecule has 4 heteroatoms. The summed E-state index contributed by atoms with van der Waals surface area (Å²) in [7, 11) is 0. The number of esters is 1. The van der Waals surface area contributed by atoms with Crippen molar-refractivity contribution in [3.05, 3.63) is 0 Å². The Kier molecular flexibility index (Phi) is 4.52. The van der Waals surface area contributed by atoms with Crippen LogP contribution >= 0.6 is 0 Å². The van der Waals surface area contributed by atoms with Gasteiger partial charge in [-0.3, -0.25) is 9.59 Å². The van der Waals surface area contributed by atoms with Gasteiger partial charge in [-0.05, 0) is 43.9 Å². The molecule has 0 unspecified atom stereocenters. The Balaban J connectivity index is 2.11. The quantitative estimate of drug-likeness (QED) is 0.574. The summed E-state index contributed by atoms with van der Waals surface area (Å²) in [5.74, 6) is 0.0471. The summed E-state index contributed by atoms with van der Waals surface area (Å²) in [6.07, 6.45) is 3.71. The van der Waals surface area contributed by atoms with E-state index >= 15 is 0 Å². The number of carbonyl (C=O) groups excluding carboxylic acids is 2. The Morgan fingerprint density at radius 1 is 1.20 bits per heavy atom. The molecule has 0 aromatic carbocycles. The van der Waals surface area contributed by atoms with Crippen LogP contribution < -0.4 is 0 Å². The van der Waals surface area contributed by atoms with Crippen molar-refractivity contribution in [3.8, 4) is 0 Å². The Bertz CT molecular complexity index is 372. The first-order chi connectivity index (χ1) is 9.44. The van der Waals surface area contributed by atoms with E-state index < -0.39 is 5.41 Å². The Morgan fingerprint density at radius 3 is 2.30 bits per heavy atom. The topological polar surface area (TPSA) is 52.6 Å². The van der Waals surface area contributed by atoms with Crippen LogP contribution in [0, 0.1) is 16.7 Å². The van der Waals surface area contributed by atoms with Gasteiger partial charge in [-0.15, -0.1) is 0 Å². The Morgan fingerprint density at radius 2 is 1.80 bits per heavy atom. The van der Waals surface area contributed by atoms with E-state index in [0.717, 1.165) is 26.1 Å². The smallest absolute Gasteiger partial charge is 0.319 e. The summed E-state index contributed by atoms with van der Waals surface area (Å²) in [4.78, 5) is 24.9. The second kappa shape index (κ2) is 5.84. The third kappa shape index (κ3) is 2.76. The predicted octanol–water partition coefficient (Wildman–Crippen LogP) is 2.74. The third-order valence-electron chi connectivity index (χ3n) is 4.70. The van der Waals surface area contributed by atoms with Crippen LogP contribution in [0.25, 0.3) is 0 Å². The molecule has 1 aliphatic carbocycles. The molecule has 0 bridgehead atoms. The van der Waals surface area contributed by atoms with Gasteiger partial charge < -0.3 is 9.47 Å². The van der Waals surface area contributed by atoms with E-state index in [0.29, 0.717) is 25.9 Å². The average molecular weight is 282 g/mol. The highest BCUT2D eigenvalue weighted by molar-refractivity contribution is 6.05. The molecule has 114 valence electrons. The summed E-state index contributed by atoms with van der Waals surface area (Å²) in [6, 6.07) is 0. The van der Waals surface area contributed by atoms with E-state index in [9.17, 15) is 9.59 Å². The van der Waals surface area contributed by atoms with Crippen molar-refractivity contribution in [1.29, 1.82) is 0 Å². The molecule has 1 spiro atoms. The van der Waals surface area contributed by atoms with Gasteiger partial charge in [0, 0.05) is 19.6 Å². The molecule has 1 aliphatic heterocycles. The van der Waals surface area contributed by atoms with E-state index in [1.54, 1.807) is 6.92 Å². The molecule has 2 rings (SSSR count). The van der Waals surface area contributed by atoms with Crippen LogP contribution in [-0.2, 0) is 19.1 Å². The molecule has 0 N–H and O–H groups in total. The van der Waals surface area contributed by atoms with Gasteiger partial charge in [0.2, 0.25) is 0 Å². The van der Waals surface area contributed by atoms with Crippen molar-refractivity contribution in [2.45, 2.75) is 52.9 Å². The van der Waals surface area contributed by atoms with Crippen molar-refractivity contribution in [3.63, 3.8) is 0 Å². The molecular weight excluding hydrogens is 256 g/mol. The Hall–Kier alpha value is -0.900. The largest absolute Gasteiger partial charge is 0.465 e. The fraction of sp³-hybridized carbons (Fsp3) is 0.875. The van der Waals surface area contributed by atoms with Gasteiger partial charge in [0.15, 0.2) is 0 Å². The lowest BCUT2D eigenvalue weighted by Crippen LogP contribution is -2.58. The molecule has 2 fully saturated rings. The number of rotatable bonds is 5. The molecule has 1 saturated heterocycles.